The molecule has 3 amide bonds. The number of carbonyl (C=O) groups excluding carboxylic acids is 3. The van der Waals surface area contributed by atoms with Crippen LogP contribution in [0.5, 0.6) is 0 Å². The molecule has 124 valence electrons. The van der Waals surface area contributed by atoms with Crippen LogP contribution in [0, 0.1) is 0 Å². The molecule has 0 aromatic heterocycles. The number of hydrogen-bond donors (Lipinski definition) is 3. The van der Waals surface area contributed by atoms with Gasteiger partial charge in [-0.05, 0) is 26.0 Å². The topological polar surface area (TPSA) is 105 Å². The largest absolute Gasteiger partial charge is 0.354 e. The van der Waals surface area contributed by atoms with Crippen molar-refractivity contribution in [2.24, 2.45) is 5.73 Å². The van der Waals surface area contributed by atoms with Gasteiger partial charge < -0.3 is 21.3 Å². The Kier molecular flexibility index (Phi) is 5.00. The van der Waals surface area contributed by atoms with Gasteiger partial charge in [-0.1, -0.05) is 12.1 Å². The van der Waals surface area contributed by atoms with Crippen molar-refractivity contribution in [1.29, 1.82) is 0 Å². The van der Waals surface area contributed by atoms with Gasteiger partial charge in [0.2, 0.25) is 17.7 Å². The number of benzene rings is 1. The number of nitrogens with zero attached hydrogens (tertiary/aromatic N) is 1. The second-order valence-corrected chi connectivity index (χ2v) is 6.31. The summed E-state index contributed by atoms with van der Waals surface area (Å²) in [5.74, 6) is -0.729. The number of rotatable bonds is 5. The quantitative estimate of drug-likeness (QED) is 0.739. The molecular weight excluding hydrogens is 296 g/mol. The summed E-state index contributed by atoms with van der Waals surface area (Å²) >= 11 is 0. The number of nitrogens with two attached hydrogens (primary N) is 1. The fourth-order valence-electron chi connectivity index (χ4n) is 2.23. The predicted molar refractivity (Wildman–Crippen MR) is 87.9 cm³/mol. The fourth-order valence-corrected chi connectivity index (χ4v) is 2.23. The predicted octanol–water partition coefficient (Wildman–Crippen LogP) is 0.605. The van der Waals surface area contributed by atoms with Crippen LogP contribution in [0.25, 0.3) is 0 Å². The van der Waals surface area contributed by atoms with E-state index < -0.39 is 5.54 Å². The minimum atomic E-state index is -0.496. The lowest BCUT2D eigenvalue weighted by atomic mass is 10.1. The van der Waals surface area contributed by atoms with Crippen molar-refractivity contribution in [2.75, 3.05) is 23.3 Å². The van der Waals surface area contributed by atoms with E-state index in [2.05, 4.69) is 10.6 Å². The Morgan fingerprint density at radius 1 is 1.30 bits per heavy atom. The molecule has 0 atom stereocenters. The summed E-state index contributed by atoms with van der Waals surface area (Å²) < 4.78 is 0. The van der Waals surface area contributed by atoms with Gasteiger partial charge in [-0.3, -0.25) is 14.4 Å². The van der Waals surface area contributed by atoms with E-state index in [-0.39, 0.29) is 37.1 Å². The van der Waals surface area contributed by atoms with Crippen LogP contribution in [-0.2, 0) is 14.4 Å². The van der Waals surface area contributed by atoms with E-state index in [4.69, 9.17) is 5.73 Å². The SMILES string of the molecule is CC(C)(N)CNC(=O)CCC(=O)N1CC(=O)Nc2ccccc21. The molecule has 0 fully saturated rings. The molecule has 0 spiro atoms. The minimum Gasteiger partial charge on any atom is -0.354 e. The normalized spacial score (nSPS) is 14.0. The van der Waals surface area contributed by atoms with E-state index in [1.54, 1.807) is 24.3 Å². The Hall–Kier alpha value is -2.41. The molecule has 1 aromatic rings. The number of carbonyl (C=O) groups is 3. The first-order chi connectivity index (χ1) is 10.8. The maximum absolute atomic E-state index is 12.4. The zero-order chi connectivity index (χ0) is 17.0. The monoisotopic (exact) mass is 318 g/mol. The molecule has 7 nitrogen and oxygen atoms in total. The zero-order valence-electron chi connectivity index (χ0n) is 13.4. The van der Waals surface area contributed by atoms with Gasteiger partial charge in [0.15, 0.2) is 0 Å². The highest BCUT2D eigenvalue weighted by atomic mass is 16.2. The lowest BCUT2D eigenvalue weighted by Crippen LogP contribution is -2.45. The van der Waals surface area contributed by atoms with Crippen molar-refractivity contribution < 1.29 is 14.4 Å². The summed E-state index contributed by atoms with van der Waals surface area (Å²) in [6.07, 6.45) is 0.105. The van der Waals surface area contributed by atoms with Crippen LogP contribution in [0.1, 0.15) is 26.7 Å². The van der Waals surface area contributed by atoms with Crippen molar-refractivity contribution in [3.05, 3.63) is 24.3 Å². The van der Waals surface area contributed by atoms with E-state index in [9.17, 15) is 14.4 Å². The number of hydrogen-bond acceptors (Lipinski definition) is 4. The Balaban J connectivity index is 1.94. The third-order valence-corrected chi connectivity index (χ3v) is 3.38. The summed E-state index contributed by atoms with van der Waals surface area (Å²) in [6.45, 7) is 3.92. The third kappa shape index (κ3) is 4.79. The molecule has 7 heteroatoms. The smallest absolute Gasteiger partial charge is 0.244 e. The lowest BCUT2D eigenvalue weighted by molar-refractivity contribution is -0.125. The molecule has 0 saturated carbocycles. The molecule has 23 heavy (non-hydrogen) atoms. The highest BCUT2D eigenvalue weighted by Crippen LogP contribution is 2.29. The molecule has 1 aliphatic heterocycles. The van der Waals surface area contributed by atoms with E-state index in [0.29, 0.717) is 17.9 Å². The standard InChI is InChI=1S/C16H22N4O3/c1-16(2,17)10-18-13(21)7-8-15(23)20-9-14(22)19-11-5-3-4-6-12(11)20/h3-6H,7-10,17H2,1-2H3,(H,18,21)(H,19,22). The Morgan fingerprint density at radius 2 is 2.00 bits per heavy atom. The summed E-state index contributed by atoms with van der Waals surface area (Å²) in [6, 6.07) is 7.09. The van der Waals surface area contributed by atoms with Crippen LogP contribution < -0.4 is 21.3 Å². The van der Waals surface area contributed by atoms with Gasteiger partial charge in [0.25, 0.3) is 0 Å². The number of nitrogens with one attached hydrogen (secondary N) is 2. The van der Waals surface area contributed by atoms with Crippen LogP contribution in [0.15, 0.2) is 24.3 Å². The number of amides is 3. The van der Waals surface area contributed by atoms with Crippen molar-refractivity contribution in [3.63, 3.8) is 0 Å². The molecule has 0 bridgehead atoms. The fraction of sp³-hybridized carbons (Fsp3) is 0.438. The van der Waals surface area contributed by atoms with Crippen LogP contribution in [0.3, 0.4) is 0 Å². The molecular formula is C16H22N4O3. The van der Waals surface area contributed by atoms with Crippen LogP contribution >= 0.6 is 0 Å². The van der Waals surface area contributed by atoms with Crippen molar-refractivity contribution in [3.8, 4) is 0 Å². The average molecular weight is 318 g/mol. The van der Waals surface area contributed by atoms with Crippen molar-refractivity contribution in [1.82, 2.24) is 5.32 Å². The lowest BCUT2D eigenvalue weighted by Gasteiger charge is -2.29. The van der Waals surface area contributed by atoms with E-state index in [1.807, 2.05) is 13.8 Å². The van der Waals surface area contributed by atoms with Gasteiger partial charge in [0.1, 0.15) is 6.54 Å². The maximum Gasteiger partial charge on any atom is 0.244 e. The molecule has 0 unspecified atom stereocenters. The highest BCUT2D eigenvalue weighted by molar-refractivity contribution is 6.10. The number of anilines is 2. The molecule has 1 heterocycles. The second-order valence-electron chi connectivity index (χ2n) is 6.31. The second kappa shape index (κ2) is 6.78. The maximum atomic E-state index is 12.4. The van der Waals surface area contributed by atoms with Crippen molar-refractivity contribution in [2.45, 2.75) is 32.2 Å². The van der Waals surface area contributed by atoms with Crippen LogP contribution in [-0.4, -0.2) is 36.3 Å². The molecule has 0 aliphatic carbocycles. The van der Waals surface area contributed by atoms with Crippen molar-refractivity contribution >= 4 is 29.1 Å². The van der Waals surface area contributed by atoms with Gasteiger partial charge in [0.05, 0.1) is 11.4 Å². The summed E-state index contributed by atoms with van der Waals surface area (Å²) in [7, 11) is 0. The minimum absolute atomic E-state index is 0.0344. The van der Waals surface area contributed by atoms with E-state index in [0.717, 1.165) is 0 Å². The molecule has 2 rings (SSSR count). The molecule has 1 aromatic carbocycles. The highest BCUT2D eigenvalue weighted by Gasteiger charge is 2.26. The Bertz CT molecular complexity index is 622. The molecule has 0 saturated heterocycles. The third-order valence-electron chi connectivity index (χ3n) is 3.38. The first kappa shape index (κ1) is 17.0. The summed E-state index contributed by atoms with van der Waals surface area (Å²) in [5.41, 5.74) is 6.55. The Morgan fingerprint density at radius 3 is 2.70 bits per heavy atom. The van der Waals surface area contributed by atoms with Gasteiger partial charge in [-0.15, -0.1) is 0 Å². The molecule has 1 aliphatic rings. The first-order valence-corrected chi connectivity index (χ1v) is 7.51. The van der Waals surface area contributed by atoms with Crippen LogP contribution in [0.4, 0.5) is 11.4 Å². The van der Waals surface area contributed by atoms with E-state index in [1.165, 1.54) is 4.90 Å². The summed E-state index contributed by atoms with van der Waals surface area (Å²) in [5, 5.41) is 5.42. The van der Waals surface area contributed by atoms with Gasteiger partial charge in [-0.25, -0.2) is 0 Å². The molecule has 0 radical (unpaired) electrons. The van der Waals surface area contributed by atoms with E-state index >= 15 is 0 Å². The Labute approximate surface area is 135 Å². The average Bonchev–Trinajstić information content (AvgIpc) is 2.49. The number of fused-ring (bicyclic) bond motifs is 1. The molecule has 4 N–H and O–H groups in total. The van der Waals surface area contributed by atoms with Gasteiger partial charge in [-0.2, -0.15) is 0 Å². The number of para-hydroxylation sites is 2. The first-order valence-electron chi connectivity index (χ1n) is 7.51. The van der Waals surface area contributed by atoms with Gasteiger partial charge >= 0.3 is 0 Å². The summed E-state index contributed by atoms with van der Waals surface area (Å²) in [4.78, 5) is 37.2. The van der Waals surface area contributed by atoms with Crippen LogP contribution in [0.2, 0.25) is 0 Å². The van der Waals surface area contributed by atoms with Gasteiger partial charge in [0, 0.05) is 24.9 Å². The zero-order valence-corrected chi connectivity index (χ0v) is 13.4.